The van der Waals surface area contributed by atoms with Gasteiger partial charge in [-0.3, -0.25) is 4.79 Å². The fraction of sp³-hybridized carbons (Fsp3) is 0.333. The molecule has 0 radical (unpaired) electrons. The van der Waals surface area contributed by atoms with Crippen LogP contribution in [0.2, 0.25) is 5.02 Å². The first-order chi connectivity index (χ1) is 16.3. The van der Waals surface area contributed by atoms with E-state index in [1.165, 1.54) is 25.1 Å². The summed E-state index contributed by atoms with van der Waals surface area (Å²) in [6.07, 6.45) is -10.1. The highest BCUT2D eigenvalue weighted by Crippen LogP contribution is 2.50. The smallest absolute Gasteiger partial charge is 0.374 e. The topological polar surface area (TPSA) is 84.8 Å². The fourth-order valence-electron chi connectivity index (χ4n) is 3.27. The highest BCUT2D eigenvalue weighted by Gasteiger charge is 2.62. The van der Waals surface area contributed by atoms with Crippen LogP contribution >= 0.6 is 27.5 Å². The Morgan fingerprint density at radius 3 is 2.33 bits per heavy atom. The maximum Gasteiger partial charge on any atom is 0.435 e. The Morgan fingerprint density at radius 2 is 1.81 bits per heavy atom. The van der Waals surface area contributed by atoms with Gasteiger partial charge in [0.25, 0.3) is 5.60 Å². The number of carbonyl (C=O) groups excluding carboxylic acids is 1. The molecular formula is C21H16BrClF6N2O4S. The Labute approximate surface area is 214 Å². The van der Waals surface area contributed by atoms with E-state index in [0.717, 1.165) is 12.3 Å². The lowest BCUT2D eigenvalue weighted by molar-refractivity contribution is -0.276. The summed E-state index contributed by atoms with van der Waals surface area (Å²) in [5, 5.41) is 4.27. The molecule has 1 amide bonds. The number of halogens is 8. The summed E-state index contributed by atoms with van der Waals surface area (Å²) in [6.45, 7) is 1.17. The van der Waals surface area contributed by atoms with Gasteiger partial charge in [-0.15, -0.1) is 0 Å². The summed E-state index contributed by atoms with van der Waals surface area (Å²) in [5.41, 5.74) is -5.53. The van der Waals surface area contributed by atoms with Crippen LogP contribution in [0.15, 0.2) is 46.0 Å². The minimum absolute atomic E-state index is 0.00988. The van der Waals surface area contributed by atoms with Gasteiger partial charge >= 0.3 is 12.4 Å². The van der Waals surface area contributed by atoms with Gasteiger partial charge in [-0.25, -0.2) is 8.42 Å². The van der Waals surface area contributed by atoms with Crippen LogP contribution in [0.1, 0.15) is 30.0 Å². The largest absolute Gasteiger partial charge is 0.435 e. The van der Waals surface area contributed by atoms with Crippen LogP contribution < -0.4 is 5.32 Å². The molecule has 15 heteroatoms. The summed E-state index contributed by atoms with van der Waals surface area (Å²) in [4.78, 5) is 16.9. The Hall–Kier alpha value is -2.32. The molecule has 0 saturated carbocycles. The molecule has 2 aromatic carbocycles. The van der Waals surface area contributed by atoms with Crippen molar-refractivity contribution in [1.29, 1.82) is 0 Å². The number of amides is 1. The van der Waals surface area contributed by atoms with Crippen molar-refractivity contribution in [1.82, 2.24) is 0 Å². The van der Waals surface area contributed by atoms with Crippen molar-refractivity contribution in [3.05, 3.63) is 62.6 Å². The van der Waals surface area contributed by atoms with Gasteiger partial charge in [-0.2, -0.15) is 26.3 Å². The number of alkyl halides is 6. The second kappa shape index (κ2) is 9.53. The molecule has 6 nitrogen and oxygen atoms in total. The highest BCUT2D eigenvalue weighted by atomic mass is 79.9. The lowest BCUT2D eigenvalue weighted by Crippen LogP contribution is -2.43. The van der Waals surface area contributed by atoms with Gasteiger partial charge in [-0.05, 0) is 37.3 Å². The lowest BCUT2D eigenvalue weighted by Gasteiger charge is -2.30. The fourth-order valence-corrected chi connectivity index (χ4v) is 4.44. The molecule has 0 aliphatic carbocycles. The van der Waals surface area contributed by atoms with Crippen LogP contribution in [0.25, 0.3) is 0 Å². The van der Waals surface area contributed by atoms with Gasteiger partial charge in [0.05, 0.1) is 22.0 Å². The van der Waals surface area contributed by atoms with Crippen LogP contribution in [0.3, 0.4) is 0 Å². The molecule has 0 aromatic heterocycles. The predicted octanol–water partition coefficient (Wildman–Crippen LogP) is 6.08. The zero-order chi connectivity index (χ0) is 27.3. The molecule has 2 aromatic rings. The number of hydrogen-bond acceptors (Lipinski definition) is 5. The molecule has 0 fully saturated rings. The average Bonchev–Trinajstić information content (AvgIpc) is 3.20. The molecule has 2 unspecified atom stereocenters. The second-order valence-corrected chi connectivity index (χ2v) is 11.7. The van der Waals surface area contributed by atoms with E-state index in [0.29, 0.717) is 12.1 Å². The van der Waals surface area contributed by atoms with Gasteiger partial charge in [-0.1, -0.05) is 38.8 Å². The van der Waals surface area contributed by atoms with Crippen LogP contribution in [-0.4, -0.2) is 37.7 Å². The molecule has 0 bridgehead atoms. The number of nitrogens with zero attached hydrogens (tertiary/aromatic N) is 1. The highest BCUT2D eigenvalue weighted by molar-refractivity contribution is 9.10. The van der Waals surface area contributed by atoms with E-state index in [2.05, 4.69) is 26.4 Å². The summed E-state index contributed by atoms with van der Waals surface area (Å²) in [6, 6.07) is 5.51. The Balaban J connectivity index is 1.94. The number of rotatable bonds is 5. The van der Waals surface area contributed by atoms with Crippen molar-refractivity contribution in [3.8, 4) is 0 Å². The zero-order valence-electron chi connectivity index (χ0n) is 18.3. The van der Waals surface area contributed by atoms with Crippen LogP contribution in [0.4, 0.5) is 32.0 Å². The summed E-state index contributed by atoms with van der Waals surface area (Å²) < 4.78 is 105. The first kappa shape index (κ1) is 28.3. The van der Waals surface area contributed by atoms with E-state index < -0.39 is 56.5 Å². The van der Waals surface area contributed by atoms with Gasteiger partial charge in [0.1, 0.15) is 5.25 Å². The monoisotopic (exact) mass is 620 g/mol. The SMILES string of the molecule is CC(C(=O)Nc1ccc(C2=NOC(c3cc(Br)cc(C(F)(F)F)c3)(C(F)(F)F)C2)cc1Cl)S(C)(=O)=O. The molecule has 36 heavy (non-hydrogen) atoms. The molecule has 3 rings (SSSR count). The molecule has 0 saturated heterocycles. The Morgan fingerprint density at radius 1 is 1.17 bits per heavy atom. The number of hydrogen-bond donors (Lipinski definition) is 1. The average molecular weight is 622 g/mol. The molecular weight excluding hydrogens is 606 g/mol. The summed E-state index contributed by atoms with van der Waals surface area (Å²) in [7, 11) is -3.70. The quantitative estimate of drug-likeness (QED) is 0.411. The summed E-state index contributed by atoms with van der Waals surface area (Å²) in [5.74, 6) is -0.875. The van der Waals surface area contributed by atoms with Crippen molar-refractivity contribution in [3.63, 3.8) is 0 Å². The normalized spacial score (nSPS) is 19.4. The van der Waals surface area contributed by atoms with Crippen LogP contribution in [0.5, 0.6) is 0 Å². The minimum Gasteiger partial charge on any atom is -0.374 e. The third-order valence-corrected chi connectivity index (χ3v) is 7.72. The zero-order valence-corrected chi connectivity index (χ0v) is 21.4. The molecule has 1 N–H and O–H groups in total. The first-order valence-corrected chi connectivity index (χ1v) is 13.0. The van der Waals surface area contributed by atoms with E-state index in [1.807, 2.05) is 0 Å². The van der Waals surface area contributed by atoms with Gasteiger partial charge in [0.15, 0.2) is 9.84 Å². The number of benzene rings is 2. The van der Waals surface area contributed by atoms with E-state index in [-0.39, 0.29) is 26.5 Å². The van der Waals surface area contributed by atoms with E-state index in [9.17, 15) is 39.6 Å². The number of carbonyl (C=O) groups is 1. The van der Waals surface area contributed by atoms with Crippen LogP contribution in [-0.2, 0) is 31.2 Å². The van der Waals surface area contributed by atoms with Gasteiger partial charge < -0.3 is 10.2 Å². The van der Waals surface area contributed by atoms with Crippen molar-refractivity contribution in [2.24, 2.45) is 5.16 Å². The van der Waals surface area contributed by atoms with Crippen molar-refractivity contribution in [2.45, 2.75) is 36.5 Å². The predicted molar refractivity (Wildman–Crippen MR) is 124 cm³/mol. The van der Waals surface area contributed by atoms with Gasteiger partial charge in [0, 0.05) is 28.3 Å². The van der Waals surface area contributed by atoms with Crippen molar-refractivity contribution in [2.75, 3.05) is 11.6 Å². The molecule has 196 valence electrons. The van der Waals surface area contributed by atoms with Crippen molar-refractivity contribution < 1.29 is 44.4 Å². The maximum absolute atomic E-state index is 14.2. The number of oxime groups is 1. The number of nitrogens with one attached hydrogen (secondary N) is 1. The standard InChI is InChI=1S/C21H16BrClF6N2O4S/c1-10(36(2,33)34)18(32)30-16-4-3-11(5-15(16)23)17-9-19(35-31-17,21(27,28)29)12-6-13(20(24,25)26)8-14(22)7-12/h3-8,10H,9H2,1-2H3,(H,30,32). The first-order valence-electron chi connectivity index (χ1n) is 9.85. The minimum atomic E-state index is -5.15. The maximum atomic E-state index is 14.2. The third kappa shape index (κ3) is 5.65. The van der Waals surface area contributed by atoms with E-state index in [1.54, 1.807) is 0 Å². The van der Waals surface area contributed by atoms with Crippen LogP contribution in [0, 0.1) is 0 Å². The second-order valence-electron chi connectivity index (χ2n) is 8.01. The third-order valence-electron chi connectivity index (χ3n) is 5.45. The number of anilines is 1. The number of sulfone groups is 1. The van der Waals surface area contributed by atoms with Crippen molar-refractivity contribution >= 4 is 54.7 Å². The lowest BCUT2D eigenvalue weighted by atomic mass is 9.85. The Kier molecular flexibility index (Phi) is 7.48. The summed E-state index contributed by atoms with van der Waals surface area (Å²) >= 11 is 8.94. The molecule has 1 heterocycles. The van der Waals surface area contributed by atoms with E-state index >= 15 is 0 Å². The van der Waals surface area contributed by atoms with Gasteiger partial charge in [0.2, 0.25) is 5.91 Å². The Bertz CT molecular complexity index is 1350. The molecule has 0 spiro atoms. The van der Waals surface area contributed by atoms with E-state index in [4.69, 9.17) is 16.4 Å². The molecule has 1 aliphatic rings. The molecule has 1 aliphatic heterocycles. The molecule has 2 atom stereocenters.